The van der Waals surface area contributed by atoms with Crippen LogP contribution in [0.2, 0.25) is 0 Å². The van der Waals surface area contributed by atoms with Crippen LogP contribution >= 0.6 is 0 Å². The van der Waals surface area contributed by atoms with Crippen molar-refractivity contribution in [3.63, 3.8) is 0 Å². The summed E-state index contributed by atoms with van der Waals surface area (Å²) >= 11 is 0. The average Bonchev–Trinajstić information content (AvgIpc) is 2.84. The number of aryl methyl sites for hydroxylation is 1. The van der Waals surface area contributed by atoms with Crippen molar-refractivity contribution in [2.75, 3.05) is 0 Å². The number of pyridine rings is 1. The number of hydrogen-bond acceptors (Lipinski definition) is 3. The van der Waals surface area contributed by atoms with Crippen LogP contribution in [0.25, 0.3) is 0 Å². The fourth-order valence-electron chi connectivity index (χ4n) is 2.51. The predicted octanol–water partition coefficient (Wildman–Crippen LogP) is 0.497. The molecule has 1 amide bonds. The summed E-state index contributed by atoms with van der Waals surface area (Å²) < 4.78 is 1.86. The third-order valence-electron chi connectivity index (χ3n) is 3.45. The van der Waals surface area contributed by atoms with E-state index >= 15 is 0 Å². The number of hydrazine groups is 1. The molecule has 0 spiro atoms. The Kier molecular flexibility index (Phi) is 4.15. The van der Waals surface area contributed by atoms with Crippen LogP contribution in [-0.2, 0) is 24.2 Å². The molecule has 0 radical (unpaired) electrons. The van der Waals surface area contributed by atoms with E-state index in [0.29, 0.717) is 13.0 Å². The number of hydrogen-bond donors (Lipinski definition) is 2. The lowest BCUT2D eigenvalue weighted by molar-refractivity contribution is -0.121. The Hall–Kier alpha value is -1.62. The monoisotopic (exact) mass is 249 g/mol. The van der Waals surface area contributed by atoms with E-state index in [1.807, 2.05) is 10.6 Å². The van der Waals surface area contributed by atoms with Crippen LogP contribution in [0.15, 0.2) is 16.9 Å². The van der Waals surface area contributed by atoms with E-state index in [2.05, 4.69) is 5.43 Å². The van der Waals surface area contributed by atoms with Gasteiger partial charge in [-0.15, -0.1) is 0 Å². The molecule has 5 nitrogen and oxygen atoms in total. The molecule has 0 saturated carbocycles. The standard InChI is InChI=1S/C13H19N3O2/c14-15-12(17)6-1-2-9-16-11-5-3-4-10(11)7-8-13(16)18/h7-8H,1-6,9,14H2,(H,15,17). The lowest BCUT2D eigenvalue weighted by Gasteiger charge is -2.11. The first-order valence-electron chi connectivity index (χ1n) is 6.43. The quantitative estimate of drug-likeness (QED) is 0.345. The van der Waals surface area contributed by atoms with Crippen molar-refractivity contribution >= 4 is 5.91 Å². The van der Waals surface area contributed by atoms with E-state index in [1.165, 1.54) is 11.3 Å². The molecule has 5 heteroatoms. The highest BCUT2D eigenvalue weighted by Gasteiger charge is 2.15. The molecule has 1 aromatic rings. The number of nitrogens with one attached hydrogen (secondary N) is 1. The minimum absolute atomic E-state index is 0.0685. The highest BCUT2D eigenvalue weighted by molar-refractivity contribution is 5.75. The fraction of sp³-hybridized carbons (Fsp3) is 0.538. The van der Waals surface area contributed by atoms with E-state index in [-0.39, 0.29) is 11.5 Å². The van der Waals surface area contributed by atoms with Gasteiger partial charge in [0.25, 0.3) is 5.56 Å². The molecule has 98 valence electrons. The molecular weight excluding hydrogens is 230 g/mol. The second-order valence-electron chi connectivity index (χ2n) is 4.67. The van der Waals surface area contributed by atoms with Gasteiger partial charge in [-0.1, -0.05) is 6.07 Å². The zero-order chi connectivity index (χ0) is 13.0. The number of aromatic nitrogens is 1. The Bertz CT molecular complexity index is 493. The van der Waals surface area contributed by atoms with Gasteiger partial charge < -0.3 is 4.57 Å². The number of nitrogens with zero attached hydrogens (tertiary/aromatic N) is 1. The maximum Gasteiger partial charge on any atom is 0.250 e. The molecular formula is C13H19N3O2. The van der Waals surface area contributed by atoms with Gasteiger partial charge >= 0.3 is 0 Å². The molecule has 1 aliphatic carbocycles. The number of fused-ring (bicyclic) bond motifs is 1. The highest BCUT2D eigenvalue weighted by atomic mass is 16.2. The summed E-state index contributed by atoms with van der Waals surface area (Å²) in [5, 5.41) is 0. The summed E-state index contributed by atoms with van der Waals surface area (Å²) in [5.74, 6) is 4.86. The molecule has 1 heterocycles. The molecule has 0 saturated heterocycles. The van der Waals surface area contributed by atoms with E-state index in [4.69, 9.17) is 5.84 Å². The highest BCUT2D eigenvalue weighted by Crippen LogP contribution is 2.20. The number of rotatable bonds is 5. The first-order valence-corrected chi connectivity index (χ1v) is 6.43. The van der Waals surface area contributed by atoms with Crippen molar-refractivity contribution in [1.29, 1.82) is 0 Å². The molecule has 0 bridgehead atoms. The Morgan fingerprint density at radius 3 is 2.94 bits per heavy atom. The Morgan fingerprint density at radius 1 is 1.33 bits per heavy atom. The van der Waals surface area contributed by atoms with Gasteiger partial charge in [-0.05, 0) is 37.7 Å². The average molecular weight is 249 g/mol. The number of carbonyl (C=O) groups excluding carboxylic acids is 1. The van der Waals surface area contributed by atoms with E-state index in [0.717, 1.165) is 32.1 Å². The smallest absolute Gasteiger partial charge is 0.250 e. The molecule has 0 atom stereocenters. The summed E-state index contributed by atoms with van der Waals surface area (Å²) in [6, 6.07) is 3.60. The zero-order valence-corrected chi connectivity index (χ0v) is 10.4. The molecule has 18 heavy (non-hydrogen) atoms. The van der Waals surface area contributed by atoms with Gasteiger partial charge in [0.2, 0.25) is 5.91 Å². The maximum atomic E-state index is 11.8. The number of nitrogens with two attached hydrogens (primary N) is 1. The summed E-state index contributed by atoms with van der Waals surface area (Å²) in [5.41, 5.74) is 4.66. The lowest BCUT2D eigenvalue weighted by atomic mass is 10.2. The van der Waals surface area contributed by atoms with E-state index < -0.39 is 0 Å². The minimum atomic E-state index is -0.152. The third-order valence-corrected chi connectivity index (χ3v) is 3.45. The lowest BCUT2D eigenvalue weighted by Crippen LogP contribution is -2.29. The van der Waals surface area contributed by atoms with Crippen molar-refractivity contribution in [3.05, 3.63) is 33.7 Å². The number of amides is 1. The van der Waals surface area contributed by atoms with Crippen LogP contribution in [0.1, 0.15) is 36.9 Å². The Morgan fingerprint density at radius 2 is 2.17 bits per heavy atom. The SMILES string of the molecule is NNC(=O)CCCCn1c2c(ccc1=O)CCC2. The first kappa shape index (κ1) is 12.8. The van der Waals surface area contributed by atoms with Gasteiger partial charge in [-0.25, -0.2) is 5.84 Å². The third kappa shape index (κ3) is 2.79. The fourth-order valence-corrected chi connectivity index (χ4v) is 2.51. The molecule has 3 N–H and O–H groups in total. The molecule has 1 aliphatic rings. The van der Waals surface area contributed by atoms with Gasteiger partial charge in [0.05, 0.1) is 0 Å². The normalized spacial score (nSPS) is 13.4. The van der Waals surface area contributed by atoms with Crippen molar-refractivity contribution in [2.45, 2.75) is 45.1 Å². The molecule has 0 fully saturated rings. The van der Waals surface area contributed by atoms with Gasteiger partial charge in [-0.2, -0.15) is 0 Å². The molecule has 0 aliphatic heterocycles. The summed E-state index contributed by atoms with van der Waals surface area (Å²) in [7, 11) is 0. The van der Waals surface area contributed by atoms with Crippen LogP contribution in [0.5, 0.6) is 0 Å². The van der Waals surface area contributed by atoms with E-state index in [9.17, 15) is 9.59 Å². The second-order valence-corrected chi connectivity index (χ2v) is 4.67. The Balaban J connectivity index is 1.96. The number of unbranched alkanes of at least 4 members (excludes halogenated alkanes) is 1. The van der Waals surface area contributed by atoms with Gasteiger partial charge in [0.1, 0.15) is 0 Å². The van der Waals surface area contributed by atoms with Crippen molar-refractivity contribution in [2.24, 2.45) is 5.84 Å². The summed E-state index contributed by atoms with van der Waals surface area (Å²) in [4.78, 5) is 22.8. The largest absolute Gasteiger partial charge is 0.312 e. The molecule has 2 rings (SSSR count). The molecule has 0 unspecified atom stereocenters. The van der Waals surface area contributed by atoms with Crippen LogP contribution in [-0.4, -0.2) is 10.5 Å². The molecule has 0 aromatic carbocycles. The minimum Gasteiger partial charge on any atom is -0.312 e. The summed E-state index contributed by atoms with van der Waals surface area (Å²) in [6.07, 6.45) is 5.19. The van der Waals surface area contributed by atoms with Gasteiger partial charge in [0, 0.05) is 24.7 Å². The van der Waals surface area contributed by atoms with Gasteiger partial charge in [-0.3, -0.25) is 15.0 Å². The first-order chi connectivity index (χ1) is 8.72. The van der Waals surface area contributed by atoms with Crippen LogP contribution in [0, 0.1) is 0 Å². The Labute approximate surface area is 106 Å². The van der Waals surface area contributed by atoms with Crippen LogP contribution < -0.4 is 16.8 Å². The topological polar surface area (TPSA) is 77.1 Å². The second kappa shape index (κ2) is 5.82. The predicted molar refractivity (Wildman–Crippen MR) is 68.9 cm³/mol. The van der Waals surface area contributed by atoms with E-state index in [1.54, 1.807) is 6.07 Å². The maximum absolute atomic E-state index is 11.8. The number of carbonyl (C=O) groups is 1. The zero-order valence-electron chi connectivity index (χ0n) is 10.4. The van der Waals surface area contributed by atoms with Crippen molar-refractivity contribution in [1.82, 2.24) is 9.99 Å². The molecule has 1 aromatic heterocycles. The van der Waals surface area contributed by atoms with Crippen molar-refractivity contribution in [3.8, 4) is 0 Å². The summed E-state index contributed by atoms with van der Waals surface area (Å²) in [6.45, 7) is 0.694. The van der Waals surface area contributed by atoms with Crippen LogP contribution in [0.4, 0.5) is 0 Å². The van der Waals surface area contributed by atoms with Gasteiger partial charge in [0.15, 0.2) is 0 Å². The van der Waals surface area contributed by atoms with Crippen LogP contribution in [0.3, 0.4) is 0 Å². The van der Waals surface area contributed by atoms with Crippen molar-refractivity contribution < 1.29 is 4.79 Å².